The highest BCUT2D eigenvalue weighted by Crippen LogP contribution is 2.30. The summed E-state index contributed by atoms with van der Waals surface area (Å²) in [6.45, 7) is 11.1. The Morgan fingerprint density at radius 3 is 2.63 bits per heavy atom. The number of rotatable bonds is 5. The molecule has 0 spiro atoms. The largest absolute Gasteiger partial charge is 0.382 e. The number of benzene rings is 1. The first-order valence-electron chi connectivity index (χ1n) is 10.1. The van der Waals surface area contributed by atoms with E-state index in [1.54, 1.807) is 0 Å². The number of imidazole rings is 1. The number of nitrogen functional groups attached to an aromatic ring is 1. The summed E-state index contributed by atoms with van der Waals surface area (Å²) in [4.78, 5) is 17.8. The van der Waals surface area contributed by atoms with Crippen molar-refractivity contribution in [2.24, 2.45) is 0 Å². The fourth-order valence-corrected chi connectivity index (χ4v) is 3.96. The highest BCUT2D eigenvalue weighted by Gasteiger charge is 2.20. The molecule has 0 amide bonds. The summed E-state index contributed by atoms with van der Waals surface area (Å²) in [5, 5.41) is 1.11. The number of aromatic amines is 1. The van der Waals surface area contributed by atoms with Gasteiger partial charge in [-0.2, -0.15) is 0 Å². The second kappa shape index (κ2) is 7.35. The third-order valence-electron chi connectivity index (χ3n) is 5.66. The van der Waals surface area contributed by atoms with Crippen molar-refractivity contribution in [3.63, 3.8) is 0 Å². The van der Waals surface area contributed by atoms with Crippen LogP contribution in [0.2, 0.25) is 0 Å². The van der Waals surface area contributed by atoms with Gasteiger partial charge in [-0.1, -0.05) is 13.3 Å². The van der Waals surface area contributed by atoms with Gasteiger partial charge in [0.2, 0.25) is 0 Å². The zero-order valence-corrected chi connectivity index (χ0v) is 16.6. The number of aromatic nitrogens is 3. The zero-order valence-electron chi connectivity index (χ0n) is 16.6. The molecular formula is C21H30N6. The van der Waals surface area contributed by atoms with E-state index in [-0.39, 0.29) is 0 Å². The summed E-state index contributed by atoms with van der Waals surface area (Å²) in [7, 11) is 0. The third-order valence-corrected chi connectivity index (χ3v) is 5.66. The van der Waals surface area contributed by atoms with Crippen LogP contribution in [0, 0.1) is 0 Å². The lowest BCUT2D eigenvalue weighted by Crippen LogP contribution is -2.48. The number of piperazine rings is 1. The van der Waals surface area contributed by atoms with Gasteiger partial charge in [0.05, 0.1) is 11.0 Å². The van der Waals surface area contributed by atoms with Gasteiger partial charge in [0.15, 0.2) is 5.82 Å². The van der Waals surface area contributed by atoms with E-state index in [1.807, 2.05) is 0 Å². The van der Waals surface area contributed by atoms with Gasteiger partial charge in [-0.25, -0.2) is 9.97 Å². The molecule has 0 saturated carbocycles. The second-order valence-electron chi connectivity index (χ2n) is 7.83. The van der Waals surface area contributed by atoms with Crippen LogP contribution in [-0.4, -0.2) is 52.1 Å². The maximum atomic E-state index is 6.18. The molecule has 6 nitrogen and oxygen atoms in total. The van der Waals surface area contributed by atoms with Crippen LogP contribution >= 0.6 is 0 Å². The molecule has 0 atom stereocenters. The molecule has 1 saturated heterocycles. The first-order chi connectivity index (χ1) is 13.1. The van der Waals surface area contributed by atoms with Crippen molar-refractivity contribution in [2.75, 3.05) is 36.8 Å². The van der Waals surface area contributed by atoms with E-state index in [0.29, 0.717) is 11.9 Å². The Morgan fingerprint density at radius 2 is 1.93 bits per heavy atom. The average Bonchev–Trinajstić information content (AvgIpc) is 3.11. The summed E-state index contributed by atoms with van der Waals surface area (Å²) in [6, 6.07) is 7.11. The molecule has 0 unspecified atom stereocenters. The molecular weight excluding hydrogens is 336 g/mol. The third kappa shape index (κ3) is 3.46. The minimum atomic E-state index is 0.509. The highest BCUT2D eigenvalue weighted by molar-refractivity contribution is 6.07. The van der Waals surface area contributed by atoms with E-state index in [2.05, 4.69) is 58.7 Å². The number of nitrogens with one attached hydrogen (secondary N) is 1. The maximum Gasteiger partial charge on any atom is 0.152 e. The summed E-state index contributed by atoms with van der Waals surface area (Å²) < 4.78 is 0. The second-order valence-corrected chi connectivity index (χ2v) is 7.83. The SMILES string of the molecule is CCCCc1nc2c(N)nc3ccc(N4CCN(C(C)C)CC4)cc3c2[nH]1. The van der Waals surface area contributed by atoms with Gasteiger partial charge in [0, 0.05) is 49.7 Å². The average molecular weight is 367 g/mol. The molecule has 1 aliphatic rings. The van der Waals surface area contributed by atoms with E-state index in [4.69, 9.17) is 10.7 Å². The minimum Gasteiger partial charge on any atom is -0.382 e. The quantitative estimate of drug-likeness (QED) is 0.722. The van der Waals surface area contributed by atoms with Gasteiger partial charge in [0.1, 0.15) is 11.3 Å². The van der Waals surface area contributed by atoms with Gasteiger partial charge in [-0.15, -0.1) is 0 Å². The molecule has 144 valence electrons. The van der Waals surface area contributed by atoms with Crippen molar-refractivity contribution in [2.45, 2.75) is 46.1 Å². The lowest BCUT2D eigenvalue weighted by atomic mass is 10.1. The topological polar surface area (TPSA) is 74.1 Å². The van der Waals surface area contributed by atoms with Crippen LogP contribution in [0.15, 0.2) is 18.2 Å². The molecule has 0 radical (unpaired) electrons. The predicted octanol–water partition coefficient (Wildman–Crippen LogP) is 3.57. The predicted molar refractivity (Wildman–Crippen MR) is 113 cm³/mol. The molecule has 6 heteroatoms. The Morgan fingerprint density at radius 1 is 1.15 bits per heavy atom. The van der Waals surface area contributed by atoms with E-state index in [9.17, 15) is 0 Å². The van der Waals surface area contributed by atoms with E-state index < -0.39 is 0 Å². The number of pyridine rings is 1. The number of hydrogen-bond acceptors (Lipinski definition) is 5. The van der Waals surface area contributed by atoms with Gasteiger partial charge in [0.25, 0.3) is 0 Å². The van der Waals surface area contributed by atoms with Gasteiger partial charge in [-0.3, -0.25) is 4.90 Å². The number of anilines is 2. The van der Waals surface area contributed by atoms with Crippen molar-refractivity contribution in [3.05, 3.63) is 24.0 Å². The van der Waals surface area contributed by atoms with Gasteiger partial charge in [-0.05, 0) is 38.5 Å². The fourth-order valence-electron chi connectivity index (χ4n) is 3.96. The van der Waals surface area contributed by atoms with Crippen molar-refractivity contribution in [3.8, 4) is 0 Å². The van der Waals surface area contributed by atoms with Crippen molar-refractivity contribution in [1.29, 1.82) is 0 Å². The van der Waals surface area contributed by atoms with Crippen LogP contribution in [0.5, 0.6) is 0 Å². The van der Waals surface area contributed by atoms with Crippen LogP contribution in [0.1, 0.15) is 39.4 Å². The smallest absolute Gasteiger partial charge is 0.152 e. The number of nitrogens with zero attached hydrogens (tertiary/aromatic N) is 4. The molecule has 2 aromatic heterocycles. The van der Waals surface area contributed by atoms with Crippen molar-refractivity contribution in [1.82, 2.24) is 19.9 Å². The van der Waals surface area contributed by atoms with Crippen LogP contribution in [-0.2, 0) is 6.42 Å². The lowest BCUT2D eigenvalue weighted by molar-refractivity contribution is 0.209. The van der Waals surface area contributed by atoms with E-state index >= 15 is 0 Å². The van der Waals surface area contributed by atoms with Gasteiger partial charge >= 0.3 is 0 Å². The Labute approximate surface area is 160 Å². The van der Waals surface area contributed by atoms with E-state index in [1.165, 1.54) is 5.69 Å². The Hall–Kier alpha value is -2.34. The number of aryl methyl sites for hydroxylation is 1. The molecule has 3 heterocycles. The summed E-state index contributed by atoms with van der Waals surface area (Å²) in [5.74, 6) is 1.51. The number of H-pyrrole nitrogens is 1. The Kier molecular flexibility index (Phi) is 4.91. The summed E-state index contributed by atoms with van der Waals surface area (Å²) in [5.41, 5.74) is 10.2. The van der Waals surface area contributed by atoms with E-state index in [0.717, 1.165) is 73.2 Å². The molecule has 0 aliphatic carbocycles. The molecule has 0 bridgehead atoms. The van der Waals surface area contributed by atoms with Gasteiger partial charge < -0.3 is 15.6 Å². The van der Waals surface area contributed by atoms with Crippen LogP contribution in [0.25, 0.3) is 21.9 Å². The molecule has 1 aliphatic heterocycles. The fraction of sp³-hybridized carbons (Fsp3) is 0.524. The van der Waals surface area contributed by atoms with Crippen molar-refractivity contribution < 1.29 is 0 Å². The molecule has 3 aromatic rings. The number of nitrogens with two attached hydrogens (primary N) is 1. The molecule has 1 fully saturated rings. The van der Waals surface area contributed by atoms with Crippen LogP contribution in [0.3, 0.4) is 0 Å². The number of hydrogen-bond donors (Lipinski definition) is 2. The molecule has 4 rings (SSSR count). The monoisotopic (exact) mass is 366 g/mol. The zero-order chi connectivity index (χ0) is 19.0. The molecule has 27 heavy (non-hydrogen) atoms. The Balaban J connectivity index is 1.69. The number of fused-ring (bicyclic) bond motifs is 3. The number of unbranched alkanes of at least 4 members (excludes halogenated alkanes) is 1. The minimum absolute atomic E-state index is 0.509. The first-order valence-corrected chi connectivity index (χ1v) is 10.1. The van der Waals surface area contributed by atoms with Crippen LogP contribution < -0.4 is 10.6 Å². The lowest BCUT2D eigenvalue weighted by Gasteiger charge is -2.38. The summed E-state index contributed by atoms with van der Waals surface area (Å²) in [6.07, 6.45) is 3.22. The normalized spacial score (nSPS) is 16.1. The molecule has 1 aromatic carbocycles. The maximum absolute atomic E-state index is 6.18. The van der Waals surface area contributed by atoms with Crippen LogP contribution in [0.4, 0.5) is 11.5 Å². The molecule has 3 N–H and O–H groups in total. The highest BCUT2D eigenvalue weighted by atomic mass is 15.3. The van der Waals surface area contributed by atoms with Crippen molar-refractivity contribution >= 4 is 33.4 Å². The first kappa shape index (κ1) is 18.0. The standard InChI is InChI=1S/C21H30N6/c1-4-5-6-18-24-19-16-13-15(27-11-9-26(10-12-27)14(2)3)7-8-17(16)23-21(22)20(19)25-18/h7-8,13-14H,4-6,9-12H2,1-3H3,(H2,22,23)(H,24,25). The summed E-state index contributed by atoms with van der Waals surface area (Å²) >= 11 is 0. The Bertz CT molecular complexity index is 937.